The summed E-state index contributed by atoms with van der Waals surface area (Å²) in [6.07, 6.45) is 6.05. The molecule has 0 saturated carbocycles. The Kier molecular flexibility index (Phi) is 4.97. The van der Waals surface area contributed by atoms with E-state index >= 15 is 0 Å². The van der Waals surface area contributed by atoms with Gasteiger partial charge in [-0.05, 0) is 25.0 Å². The van der Waals surface area contributed by atoms with Gasteiger partial charge in [-0.3, -0.25) is 14.2 Å². The topological polar surface area (TPSA) is 131 Å². The lowest BCUT2D eigenvalue weighted by atomic mass is 10.1. The molecule has 0 aromatic carbocycles. The number of fused-ring (bicyclic) bond motifs is 2. The van der Waals surface area contributed by atoms with Crippen molar-refractivity contribution in [3.05, 3.63) is 47.3 Å². The van der Waals surface area contributed by atoms with Gasteiger partial charge in [0.05, 0.1) is 35.6 Å². The quantitative estimate of drug-likeness (QED) is 0.469. The van der Waals surface area contributed by atoms with Crippen molar-refractivity contribution < 1.29 is 9.59 Å². The minimum Gasteiger partial charge on any atom is -0.340 e. The standard InChI is InChI=1S/C22H20N8O3/c1-14(31)29-18-12-24-20(16-11-25-28-10-3-2-6-17(16)28)26-21(18)30(22(29)33)15-5-4-9-27(13-15)19(32)7-8-23/h2-3,6,10-12,15H,4-5,7,9,13H2,1H3/t15-/m0/s1. The largest absolute Gasteiger partial charge is 0.340 e. The molecule has 33 heavy (non-hydrogen) atoms. The Morgan fingerprint density at radius 1 is 1.24 bits per heavy atom. The highest BCUT2D eigenvalue weighted by molar-refractivity contribution is 5.88. The van der Waals surface area contributed by atoms with E-state index in [-0.39, 0.29) is 24.9 Å². The van der Waals surface area contributed by atoms with Crippen molar-refractivity contribution in [3.63, 3.8) is 0 Å². The maximum absolute atomic E-state index is 13.3. The molecule has 0 radical (unpaired) electrons. The molecule has 0 aliphatic carbocycles. The molecule has 0 N–H and O–H groups in total. The number of rotatable bonds is 3. The van der Waals surface area contributed by atoms with Crippen LogP contribution in [0.4, 0.5) is 0 Å². The molecule has 4 aromatic heterocycles. The first kappa shape index (κ1) is 20.6. The Labute approximate surface area is 187 Å². The van der Waals surface area contributed by atoms with Crippen LogP contribution in [0, 0.1) is 11.3 Å². The number of imidazole rings is 1. The molecule has 11 heteroatoms. The second-order valence-corrected chi connectivity index (χ2v) is 7.97. The summed E-state index contributed by atoms with van der Waals surface area (Å²) in [5.74, 6) is -0.331. The van der Waals surface area contributed by atoms with Crippen molar-refractivity contribution >= 4 is 28.5 Å². The molecule has 0 spiro atoms. The van der Waals surface area contributed by atoms with Crippen molar-refractivity contribution in [3.8, 4) is 17.5 Å². The number of nitriles is 1. The fourth-order valence-corrected chi connectivity index (χ4v) is 4.44. The summed E-state index contributed by atoms with van der Waals surface area (Å²) in [5.41, 5.74) is 1.64. The average molecular weight is 444 g/mol. The number of carbonyl (C=O) groups is 2. The van der Waals surface area contributed by atoms with Crippen LogP contribution in [0.2, 0.25) is 0 Å². The van der Waals surface area contributed by atoms with Crippen molar-refractivity contribution in [1.29, 1.82) is 5.26 Å². The molecule has 4 aromatic rings. The molecular weight excluding hydrogens is 424 g/mol. The van der Waals surface area contributed by atoms with Gasteiger partial charge in [0.15, 0.2) is 11.5 Å². The molecular formula is C22H20N8O3. The van der Waals surface area contributed by atoms with Crippen LogP contribution in [0.1, 0.15) is 37.0 Å². The van der Waals surface area contributed by atoms with Crippen LogP contribution < -0.4 is 5.69 Å². The van der Waals surface area contributed by atoms with Gasteiger partial charge in [0.2, 0.25) is 11.8 Å². The number of pyridine rings is 1. The van der Waals surface area contributed by atoms with E-state index in [1.807, 2.05) is 30.5 Å². The molecule has 166 valence electrons. The number of piperidine rings is 1. The number of aromatic nitrogens is 6. The zero-order chi connectivity index (χ0) is 23.1. The first-order valence-corrected chi connectivity index (χ1v) is 10.6. The molecule has 1 fully saturated rings. The Bertz CT molecular complexity index is 1510. The molecule has 0 unspecified atom stereocenters. The van der Waals surface area contributed by atoms with Gasteiger partial charge in [-0.25, -0.2) is 23.8 Å². The fourth-order valence-electron chi connectivity index (χ4n) is 4.44. The predicted octanol–water partition coefficient (Wildman–Crippen LogP) is 1.64. The van der Waals surface area contributed by atoms with Crippen LogP contribution in [0.15, 0.2) is 41.6 Å². The van der Waals surface area contributed by atoms with Crippen molar-refractivity contribution in [2.45, 2.75) is 32.2 Å². The second-order valence-electron chi connectivity index (χ2n) is 7.97. The smallest absolute Gasteiger partial charge is 0.337 e. The van der Waals surface area contributed by atoms with Crippen molar-refractivity contribution in [2.24, 2.45) is 0 Å². The van der Waals surface area contributed by atoms with Crippen LogP contribution >= 0.6 is 0 Å². The summed E-state index contributed by atoms with van der Waals surface area (Å²) < 4.78 is 4.25. The zero-order valence-electron chi connectivity index (χ0n) is 17.9. The van der Waals surface area contributed by atoms with Gasteiger partial charge in [-0.1, -0.05) is 6.07 Å². The van der Waals surface area contributed by atoms with Gasteiger partial charge in [0, 0.05) is 26.2 Å². The number of nitrogens with zero attached hydrogens (tertiary/aromatic N) is 8. The van der Waals surface area contributed by atoms with Crippen LogP contribution in [0.3, 0.4) is 0 Å². The Hall–Kier alpha value is -4.33. The highest BCUT2D eigenvalue weighted by atomic mass is 16.2. The summed E-state index contributed by atoms with van der Waals surface area (Å²) in [4.78, 5) is 48.6. The summed E-state index contributed by atoms with van der Waals surface area (Å²) in [7, 11) is 0. The number of hydrogen-bond acceptors (Lipinski definition) is 7. The predicted molar refractivity (Wildman–Crippen MR) is 117 cm³/mol. The Balaban J connectivity index is 1.66. The molecule has 5 rings (SSSR count). The second kappa shape index (κ2) is 7.98. The van der Waals surface area contributed by atoms with E-state index in [0.717, 1.165) is 10.1 Å². The average Bonchev–Trinajstić information content (AvgIpc) is 3.37. The number of likely N-dealkylation sites (tertiary alicyclic amines) is 1. The van der Waals surface area contributed by atoms with Gasteiger partial charge in [-0.15, -0.1) is 0 Å². The van der Waals surface area contributed by atoms with Crippen LogP contribution in [-0.2, 0) is 4.79 Å². The minimum atomic E-state index is -0.511. The van der Waals surface area contributed by atoms with E-state index in [1.54, 1.807) is 15.6 Å². The summed E-state index contributed by atoms with van der Waals surface area (Å²) in [6, 6.07) is 7.15. The van der Waals surface area contributed by atoms with Crippen LogP contribution in [0.25, 0.3) is 28.1 Å². The van der Waals surface area contributed by atoms with Gasteiger partial charge in [0.25, 0.3) is 0 Å². The van der Waals surface area contributed by atoms with Crippen molar-refractivity contribution in [1.82, 2.24) is 33.6 Å². The fraction of sp³-hybridized carbons (Fsp3) is 0.318. The maximum Gasteiger partial charge on any atom is 0.337 e. The van der Waals surface area contributed by atoms with Gasteiger partial charge >= 0.3 is 5.69 Å². The van der Waals surface area contributed by atoms with Gasteiger partial charge in [-0.2, -0.15) is 10.4 Å². The first-order valence-electron chi connectivity index (χ1n) is 10.6. The lowest BCUT2D eigenvalue weighted by Gasteiger charge is -2.32. The molecule has 11 nitrogen and oxygen atoms in total. The third kappa shape index (κ3) is 3.36. The van der Waals surface area contributed by atoms with Crippen LogP contribution in [0.5, 0.6) is 0 Å². The van der Waals surface area contributed by atoms with E-state index in [0.29, 0.717) is 41.9 Å². The highest BCUT2D eigenvalue weighted by Crippen LogP contribution is 2.27. The Morgan fingerprint density at radius 2 is 2.09 bits per heavy atom. The molecule has 1 aliphatic heterocycles. The zero-order valence-corrected chi connectivity index (χ0v) is 17.9. The van der Waals surface area contributed by atoms with E-state index in [9.17, 15) is 14.4 Å². The lowest BCUT2D eigenvalue weighted by molar-refractivity contribution is -0.131. The maximum atomic E-state index is 13.3. The number of amides is 1. The third-order valence-corrected chi connectivity index (χ3v) is 5.94. The SMILES string of the molecule is CC(=O)n1c(=O)n([C@H]2CCCN(C(=O)CC#N)C2)c2nc(-c3cnn4ccccc34)ncc21. The lowest BCUT2D eigenvalue weighted by Crippen LogP contribution is -2.43. The van der Waals surface area contributed by atoms with E-state index in [2.05, 4.69) is 15.1 Å². The molecule has 0 bridgehead atoms. The Morgan fingerprint density at radius 3 is 2.88 bits per heavy atom. The molecule has 1 aliphatic rings. The summed E-state index contributed by atoms with van der Waals surface area (Å²) in [6.45, 7) is 2.11. The van der Waals surface area contributed by atoms with Crippen LogP contribution in [-0.4, -0.2) is 58.5 Å². The highest BCUT2D eigenvalue weighted by Gasteiger charge is 2.30. The summed E-state index contributed by atoms with van der Waals surface area (Å²) in [5, 5.41) is 13.2. The molecule has 5 heterocycles. The first-order chi connectivity index (χ1) is 16.0. The van der Waals surface area contributed by atoms with Crippen molar-refractivity contribution in [2.75, 3.05) is 13.1 Å². The van der Waals surface area contributed by atoms with Gasteiger partial charge < -0.3 is 4.90 Å². The number of carbonyl (C=O) groups excluding carboxylic acids is 2. The molecule has 1 amide bonds. The van der Waals surface area contributed by atoms with E-state index < -0.39 is 11.6 Å². The van der Waals surface area contributed by atoms with E-state index in [1.165, 1.54) is 17.7 Å². The van der Waals surface area contributed by atoms with Gasteiger partial charge in [0.1, 0.15) is 11.9 Å². The molecule has 1 saturated heterocycles. The minimum absolute atomic E-state index is 0.210. The molecule has 1 atom stereocenters. The number of hydrogen-bond donors (Lipinski definition) is 0. The van der Waals surface area contributed by atoms with E-state index in [4.69, 9.17) is 5.26 Å². The monoisotopic (exact) mass is 444 g/mol. The normalized spacial score (nSPS) is 16.2. The third-order valence-electron chi connectivity index (χ3n) is 5.94. The summed E-state index contributed by atoms with van der Waals surface area (Å²) >= 11 is 0.